The van der Waals surface area contributed by atoms with Gasteiger partial charge < -0.3 is 5.32 Å². The van der Waals surface area contributed by atoms with Crippen LogP contribution in [-0.2, 0) is 0 Å². The highest BCUT2D eigenvalue weighted by Crippen LogP contribution is 2.41. The summed E-state index contributed by atoms with van der Waals surface area (Å²) < 4.78 is 0. The lowest BCUT2D eigenvalue weighted by Crippen LogP contribution is -1.90. The van der Waals surface area contributed by atoms with E-state index in [-0.39, 0.29) is 0 Å². The Hall–Kier alpha value is -0.830. The van der Waals surface area contributed by atoms with Crippen LogP contribution in [0.5, 0.6) is 0 Å². The molecule has 3 rings (SSSR count). The average Bonchev–Trinajstić information content (AvgIpc) is 3.23. The van der Waals surface area contributed by atoms with E-state index < -0.39 is 0 Å². The van der Waals surface area contributed by atoms with Crippen molar-refractivity contribution in [2.45, 2.75) is 23.0 Å². The Labute approximate surface area is 133 Å². The molecule has 1 saturated carbocycles. The maximum absolute atomic E-state index is 6.35. The summed E-state index contributed by atoms with van der Waals surface area (Å²) in [4.78, 5) is 1.32. The zero-order valence-electron chi connectivity index (χ0n) is 11.1. The molecule has 1 nitrogen and oxygen atoms in total. The van der Waals surface area contributed by atoms with Gasteiger partial charge in [0.05, 0.1) is 10.0 Å². The second-order valence-electron chi connectivity index (χ2n) is 4.91. The first-order valence-corrected chi connectivity index (χ1v) is 8.25. The Morgan fingerprint density at radius 1 is 1.05 bits per heavy atom. The minimum Gasteiger partial charge on any atom is -0.388 e. The summed E-state index contributed by atoms with van der Waals surface area (Å²) in [5, 5.41) is 5.22. The molecule has 0 radical (unpaired) electrons. The van der Waals surface area contributed by atoms with Gasteiger partial charge in [-0.05, 0) is 42.7 Å². The van der Waals surface area contributed by atoms with Gasteiger partial charge >= 0.3 is 0 Å². The van der Waals surface area contributed by atoms with Gasteiger partial charge in [-0.25, -0.2) is 0 Å². The van der Waals surface area contributed by atoms with E-state index >= 15 is 0 Å². The molecule has 1 N–H and O–H groups in total. The molecule has 0 saturated heterocycles. The molecule has 0 amide bonds. The Morgan fingerprint density at radius 2 is 1.65 bits per heavy atom. The summed E-state index contributed by atoms with van der Waals surface area (Å²) in [6.45, 7) is 0. The summed E-state index contributed by atoms with van der Waals surface area (Å²) in [6.07, 6.45) is 2.69. The van der Waals surface area contributed by atoms with Crippen molar-refractivity contribution in [3.05, 3.63) is 46.4 Å². The highest BCUT2D eigenvalue weighted by molar-refractivity contribution is 8.00. The van der Waals surface area contributed by atoms with Gasteiger partial charge in [0.1, 0.15) is 0 Å². The van der Waals surface area contributed by atoms with Crippen molar-refractivity contribution in [3.8, 4) is 11.1 Å². The third kappa shape index (κ3) is 3.08. The quantitative estimate of drug-likeness (QED) is 0.745. The van der Waals surface area contributed by atoms with Crippen LogP contribution < -0.4 is 5.32 Å². The van der Waals surface area contributed by atoms with Crippen molar-refractivity contribution in [2.24, 2.45) is 0 Å². The normalized spacial score (nSPS) is 14.3. The molecule has 0 unspecified atom stereocenters. The maximum atomic E-state index is 6.35. The van der Waals surface area contributed by atoms with Crippen LogP contribution in [-0.4, -0.2) is 12.3 Å². The number of hydrogen-bond donors (Lipinski definition) is 1. The summed E-state index contributed by atoms with van der Waals surface area (Å²) in [5.41, 5.74) is 2.88. The van der Waals surface area contributed by atoms with Crippen LogP contribution >= 0.6 is 35.0 Å². The minimum atomic E-state index is 0.671. The molecule has 1 aliphatic rings. The summed E-state index contributed by atoms with van der Waals surface area (Å²) in [5.74, 6) is 0. The Bertz CT molecular complexity index is 598. The maximum Gasteiger partial charge on any atom is 0.0519 e. The fraction of sp³-hybridized carbons (Fsp3) is 0.250. The largest absolute Gasteiger partial charge is 0.388 e. The fourth-order valence-corrected chi connectivity index (χ4v) is 3.83. The minimum absolute atomic E-state index is 0.671. The summed E-state index contributed by atoms with van der Waals surface area (Å²) in [6, 6.07) is 12.3. The van der Waals surface area contributed by atoms with Crippen LogP contribution in [0, 0.1) is 0 Å². The van der Waals surface area contributed by atoms with E-state index in [2.05, 4.69) is 29.6 Å². The van der Waals surface area contributed by atoms with Crippen molar-refractivity contribution >= 4 is 40.7 Å². The van der Waals surface area contributed by atoms with E-state index in [4.69, 9.17) is 23.2 Å². The molecule has 20 heavy (non-hydrogen) atoms. The van der Waals surface area contributed by atoms with Gasteiger partial charge in [-0.1, -0.05) is 35.3 Å². The molecule has 0 heterocycles. The van der Waals surface area contributed by atoms with Crippen LogP contribution in [0.4, 0.5) is 5.69 Å². The van der Waals surface area contributed by atoms with Crippen molar-refractivity contribution < 1.29 is 0 Å². The van der Waals surface area contributed by atoms with Gasteiger partial charge in [0, 0.05) is 28.4 Å². The summed E-state index contributed by atoms with van der Waals surface area (Å²) in [7, 11) is 1.85. The smallest absolute Gasteiger partial charge is 0.0519 e. The Kier molecular flexibility index (Phi) is 4.16. The standard InChI is InChI=1S/C16H15Cl2NS/c1-19-11-8-14(17)16(15(18)9-11)10-2-4-12(5-3-10)20-13-6-7-13/h2-5,8-9,13,19H,6-7H2,1H3. The molecule has 0 aromatic heterocycles. The molecule has 2 aromatic rings. The van der Waals surface area contributed by atoms with Crippen LogP contribution in [0.2, 0.25) is 10.0 Å². The Morgan fingerprint density at radius 3 is 2.15 bits per heavy atom. The molecular weight excluding hydrogens is 309 g/mol. The zero-order chi connectivity index (χ0) is 14.1. The lowest BCUT2D eigenvalue weighted by molar-refractivity contribution is 1.41. The van der Waals surface area contributed by atoms with Crippen molar-refractivity contribution in [1.82, 2.24) is 0 Å². The van der Waals surface area contributed by atoms with Gasteiger partial charge in [-0.2, -0.15) is 0 Å². The number of thioether (sulfide) groups is 1. The van der Waals surface area contributed by atoms with E-state index in [1.165, 1.54) is 17.7 Å². The predicted octanol–water partition coefficient (Wildman–Crippen LogP) is 5.96. The highest BCUT2D eigenvalue weighted by atomic mass is 35.5. The molecule has 0 atom stereocenters. The first-order valence-electron chi connectivity index (χ1n) is 6.61. The second-order valence-corrected chi connectivity index (χ2v) is 7.09. The number of hydrogen-bond acceptors (Lipinski definition) is 2. The van der Waals surface area contributed by atoms with Gasteiger partial charge in [0.25, 0.3) is 0 Å². The SMILES string of the molecule is CNc1cc(Cl)c(-c2ccc(SC3CC3)cc2)c(Cl)c1. The zero-order valence-corrected chi connectivity index (χ0v) is 13.4. The van der Waals surface area contributed by atoms with Gasteiger partial charge in [-0.3, -0.25) is 0 Å². The van der Waals surface area contributed by atoms with Crippen LogP contribution in [0.1, 0.15) is 12.8 Å². The predicted molar refractivity (Wildman–Crippen MR) is 90.3 cm³/mol. The van der Waals surface area contributed by atoms with Crippen LogP contribution in [0.3, 0.4) is 0 Å². The van der Waals surface area contributed by atoms with E-state index in [1.807, 2.05) is 30.9 Å². The number of halogens is 2. The van der Waals surface area contributed by atoms with Crippen molar-refractivity contribution in [3.63, 3.8) is 0 Å². The molecule has 1 fully saturated rings. The van der Waals surface area contributed by atoms with Gasteiger partial charge in [0.15, 0.2) is 0 Å². The topological polar surface area (TPSA) is 12.0 Å². The van der Waals surface area contributed by atoms with E-state index in [1.54, 1.807) is 0 Å². The van der Waals surface area contributed by atoms with Crippen LogP contribution in [0.25, 0.3) is 11.1 Å². The van der Waals surface area contributed by atoms with Crippen LogP contribution in [0.15, 0.2) is 41.3 Å². The van der Waals surface area contributed by atoms with Crippen molar-refractivity contribution in [1.29, 1.82) is 0 Å². The molecule has 2 aromatic carbocycles. The van der Waals surface area contributed by atoms with E-state index in [0.717, 1.165) is 22.1 Å². The van der Waals surface area contributed by atoms with E-state index in [0.29, 0.717) is 10.0 Å². The lowest BCUT2D eigenvalue weighted by atomic mass is 10.1. The molecular formula is C16H15Cl2NS. The molecule has 0 spiro atoms. The van der Waals surface area contributed by atoms with Gasteiger partial charge in [-0.15, -0.1) is 11.8 Å². The first-order chi connectivity index (χ1) is 9.67. The van der Waals surface area contributed by atoms with E-state index in [9.17, 15) is 0 Å². The average molecular weight is 324 g/mol. The number of anilines is 1. The third-order valence-corrected chi connectivity index (χ3v) is 5.25. The second kappa shape index (κ2) is 5.88. The number of rotatable bonds is 4. The summed E-state index contributed by atoms with van der Waals surface area (Å²) >= 11 is 14.7. The van der Waals surface area contributed by atoms with Gasteiger partial charge in [0.2, 0.25) is 0 Å². The first kappa shape index (κ1) is 14.1. The highest BCUT2D eigenvalue weighted by Gasteiger charge is 2.22. The molecule has 4 heteroatoms. The lowest BCUT2D eigenvalue weighted by Gasteiger charge is -2.11. The molecule has 104 valence electrons. The fourth-order valence-electron chi connectivity index (χ4n) is 2.07. The molecule has 0 aliphatic heterocycles. The molecule has 0 bridgehead atoms. The number of nitrogens with one attached hydrogen (secondary N) is 1. The number of benzene rings is 2. The monoisotopic (exact) mass is 323 g/mol. The van der Waals surface area contributed by atoms with Crippen molar-refractivity contribution in [2.75, 3.05) is 12.4 Å². The third-order valence-electron chi connectivity index (χ3n) is 3.30. The molecule has 1 aliphatic carbocycles. The Balaban J connectivity index is 1.91.